The van der Waals surface area contributed by atoms with Gasteiger partial charge in [0.2, 0.25) is 10.0 Å². The minimum absolute atomic E-state index is 0.120. The van der Waals surface area contributed by atoms with Crippen LogP contribution < -0.4 is 5.73 Å². The number of nitrogens with two attached hydrogens (primary N) is 1. The molecule has 1 unspecified atom stereocenters. The lowest BCUT2D eigenvalue weighted by molar-refractivity contribution is -0.0685. The van der Waals surface area contributed by atoms with Crippen LogP contribution in [-0.4, -0.2) is 48.8 Å². The van der Waals surface area contributed by atoms with Crippen molar-refractivity contribution in [3.63, 3.8) is 0 Å². The van der Waals surface area contributed by atoms with Gasteiger partial charge in [0, 0.05) is 19.1 Å². The van der Waals surface area contributed by atoms with Crippen LogP contribution in [0.4, 0.5) is 0 Å². The van der Waals surface area contributed by atoms with E-state index in [1.54, 1.807) is 0 Å². The van der Waals surface area contributed by atoms with Crippen LogP contribution in [0.2, 0.25) is 0 Å². The second kappa shape index (κ2) is 4.50. The van der Waals surface area contributed by atoms with Gasteiger partial charge in [0.15, 0.2) is 0 Å². The molecule has 2 rings (SSSR count). The fourth-order valence-corrected chi connectivity index (χ4v) is 4.06. The Morgan fingerprint density at radius 2 is 2.12 bits per heavy atom. The van der Waals surface area contributed by atoms with Crippen molar-refractivity contribution in [1.82, 2.24) is 4.31 Å². The third-order valence-corrected chi connectivity index (χ3v) is 5.17. The molecule has 0 spiro atoms. The monoisotopic (exact) mass is 262 g/mol. The lowest BCUT2D eigenvalue weighted by Gasteiger charge is -2.45. The Hall–Kier alpha value is -0.170. The summed E-state index contributed by atoms with van der Waals surface area (Å²) >= 11 is 0. The first-order chi connectivity index (χ1) is 7.78. The maximum atomic E-state index is 11.5. The molecule has 17 heavy (non-hydrogen) atoms. The van der Waals surface area contributed by atoms with E-state index >= 15 is 0 Å². The molecule has 2 fully saturated rings. The Bertz CT molecular complexity index is 376. The Labute approximate surface area is 103 Å². The Balaban J connectivity index is 1.90. The van der Waals surface area contributed by atoms with Crippen LogP contribution in [0, 0.1) is 5.92 Å². The van der Waals surface area contributed by atoms with E-state index in [0.29, 0.717) is 32.4 Å². The summed E-state index contributed by atoms with van der Waals surface area (Å²) in [4.78, 5) is 0. The van der Waals surface area contributed by atoms with E-state index in [4.69, 9.17) is 5.73 Å². The number of sulfonamides is 1. The Kier molecular flexibility index (Phi) is 3.51. The molecule has 0 amide bonds. The molecule has 0 aromatic heterocycles. The molecule has 1 aliphatic carbocycles. The lowest BCUT2D eigenvalue weighted by Crippen LogP contribution is -2.53. The van der Waals surface area contributed by atoms with Crippen molar-refractivity contribution in [1.29, 1.82) is 0 Å². The van der Waals surface area contributed by atoms with Gasteiger partial charge >= 0.3 is 0 Å². The molecular weight excluding hydrogens is 240 g/mol. The molecule has 1 aliphatic heterocycles. The Morgan fingerprint density at radius 3 is 2.65 bits per heavy atom. The van der Waals surface area contributed by atoms with Gasteiger partial charge in [0.05, 0.1) is 11.9 Å². The topological polar surface area (TPSA) is 83.6 Å². The average molecular weight is 262 g/mol. The van der Waals surface area contributed by atoms with Gasteiger partial charge < -0.3 is 10.8 Å². The minimum Gasteiger partial charge on any atom is -0.390 e. The summed E-state index contributed by atoms with van der Waals surface area (Å²) in [7, 11) is -3.09. The van der Waals surface area contributed by atoms with E-state index in [1.807, 2.05) is 0 Å². The molecule has 1 saturated carbocycles. The fourth-order valence-electron chi connectivity index (χ4n) is 3.12. The van der Waals surface area contributed by atoms with E-state index in [9.17, 15) is 13.5 Å². The van der Waals surface area contributed by atoms with Crippen molar-refractivity contribution < 1.29 is 13.5 Å². The molecule has 6 heteroatoms. The zero-order chi connectivity index (χ0) is 12.7. The van der Waals surface area contributed by atoms with E-state index in [1.165, 1.54) is 10.6 Å². The molecule has 100 valence electrons. The van der Waals surface area contributed by atoms with Crippen LogP contribution in [0.1, 0.15) is 32.1 Å². The standard InChI is InChI=1S/C11H22N2O3S/c1-17(15,16)13-4-2-3-9(8-13)5-11(14)6-10(12)7-11/h9-10,14H,2-8,12H2,1H3. The summed E-state index contributed by atoms with van der Waals surface area (Å²) in [5, 5.41) is 10.2. The summed E-state index contributed by atoms with van der Waals surface area (Å²) in [6.45, 7) is 1.17. The third-order valence-electron chi connectivity index (χ3n) is 3.90. The molecule has 0 bridgehead atoms. The van der Waals surface area contributed by atoms with Gasteiger partial charge in [0.25, 0.3) is 0 Å². The number of hydrogen-bond acceptors (Lipinski definition) is 4. The molecule has 3 N–H and O–H groups in total. The second-order valence-corrected chi connectivity index (χ2v) is 7.71. The first-order valence-electron chi connectivity index (χ1n) is 6.22. The van der Waals surface area contributed by atoms with Gasteiger partial charge in [0.1, 0.15) is 0 Å². The molecular formula is C11H22N2O3S. The molecule has 1 saturated heterocycles. The maximum absolute atomic E-state index is 11.5. The van der Waals surface area contributed by atoms with Crippen molar-refractivity contribution in [3.05, 3.63) is 0 Å². The van der Waals surface area contributed by atoms with E-state index < -0.39 is 15.6 Å². The van der Waals surface area contributed by atoms with Crippen LogP contribution in [0.15, 0.2) is 0 Å². The average Bonchev–Trinajstić information content (AvgIpc) is 2.14. The van der Waals surface area contributed by atoms with Gasteiger partial charge in [-0.2, -0.15) is 0 Å². The van der Waals surface area contributed by atoms with Gasteiger partial charge in [-0.3, -0.25) is 0 Å². The summed E-state index contributed by atoms with van der Waals surface area (Å²) in [6.07, 6.45) is 5.14. The van der Waals surface area contributed by atoms with Crippen LogP contribution >= 0.6 is 0 Å². The number of nitrogens with zero attached hydrogens (tertiary/aromatic N) is 1. The molecule has 2 aliphatic rings. The Morgan fingerprint density at radius 1 is 1.47 bits per heavy atom. The van der Waals surface area contributed by atoms with Crippen molar-refractivity contribution in [2.24, 2.45) is 11.7 Å². The molecule has 0 aromatic carbocycles. The fraction of sp³-hybridized carbons (Fsp3) is 1.00. The maximum Gasteiger partial charge on any atom is 0.211 e. The quantitative estimate of drug-likeness (QED) is 0.744. The smallest absolute Gasteiger partial charge is 0.211 e. The highest BCUT2D eigenvalue weighted by Gasteiger charge is 2.43. The van der Waals surface area contributed by atoms with Crippen molar-refractivity contribution >= 4 is 10.0 Å². The highest BCUT2D eigenvalue weighted by molar-refractivity contribution is 7.88. The van der Waals surface area contributed by atoms with Crippen molar-refractivity contribution in [2.45, 2.75) is 43.7 Å². The zero-order valence-corrected chi connectivity index (χ0v) is 11.1. The predicted molar refractivity (Wildman–Crippen MR) is 65.9 cm³/mol. The largest absolute Gasteiger partial charge is 0.390 e. The van der Waals surface area contributed by atoms with Gasteiger partial charge in [-0.15, -0.1) is 0 Å². The molecule has 1 heterocycles. The first-order valence-corrected chi connectivity index (χ1v) is 8.06. The van der Waals surface area contributed by atoms with Crippen molar-refractivity contribution in [3.8, 4) is 0 Å². The van der Waals surface area contributed by atoms with Crippen LogP contribution in [-0.2, 0) is 10.0 Å². The number of piperidine rings is 1. The van der Waals surface area contributed by atoms with Crippen molar-refractivity contribution in [2.75, 3.05) is 19.3 Å². The molecule has 1 atom stereocenters. The molecule has 5 nitrogen and oxygen atoms in total. The zero-order valence-electron chi connectivity index (χ0n) is 10.3. The SMILES string of the molecule is CS(=O)(=O)N1CCCC(CC2(O)CC(N)C2)C1. The predicted octanol–water partition coefficient (Wildman–Crippen LogP) is -0.0997. The van der Waals surface area contributed by atoms with Crippen LogP contribution in [0.3, 0.4) is 0 Å². The normalized spacial score (nSPS) is 39.9. The summed E-state index contributed by atoms with van der Waals surface area (Å²) < 4.78 is 24.5. The van der Waals surface area contributed by atoms with Gasteiger partial charge in [-0.05, 0) is 38.0 Å². The number of rotatable bonds is 3. The summed E-state index contributed by atoms with van der Waals surface area (Å²) in [5.74, 6) is 0.274. The van der Waals surface area contributed by atoms with Gasteiger partial charge in [-0.25, -0.2) is 12.7 Å². The summed E-state index contributed by atoms with van der Waals surface area (Å²) in [6, 6.07) is 0.120. The van der Waals surface area contributed by atoms with Gasteiger partial charge in [-0.1, -0.05) is 0 Å². The first kappa shape index (κ1) is 13.3. The third kappa shape index (κ3) is 3.19. The highest BCUT2D eigenvalue weighted by atomic mass is 32.2. The molecule has 0 aromatic rings. The van der Waals surface area contributed by atoms with E-state index in [-0.39, 0.29) is 12.0 Å². The second-order valence-electron chi connectivity index (χ2n) is 5.73. The van der Waals surface area contributed by atoms with Crippen LogP contribution in [0.5, 0.6) is 0 Å². The number of hydrogen-bond donors (Lipinski definition) is 2. The highest BCUT2D eigenvalue weighted by Crippen LogP contribution is 2.38. The minimum atomic E-state index is -3.09. The molecule has 0 radical (unpaired) electrons. The lowest BCUT2D eigenvalue weighted by atomic mass is 9.70. The summed E-state index contributed by atoms with van der Waals surface area (Å²) in [5.41, 5.74) is 5.06. The van der Waals surface area contributed by atoms with E-state index in [0.717, 1.165) is 12.8 Å². The number of aliphatic hydroxyl groups is 1. The van der Waals surface area contributed by atoms with E-state index in [2.05, 4.69) is 0 Å². The van der Waals surface area contributed by atoms with Crippen LogP contribution in [0.25, 0.3) is 0 Å².